The van der Waals surface area contributed by atoms with Gasteiger partial charge in [0.2, 0.25) is 0 Å². The van der Waals surface area contributed by atoms with Crippen LogP contribution in [-0.4, -0.2) is 52.5 Å². The Hall–Kier alpha value is -2.83. The first-order valence-corrected chi connectivity index (χ1v) is 13.1. The van der Waals surface area contributed by atoms with Crippen molar-refractivity contribution in [1.82, 2.24) is 24.0 Å². The average molecular weight is 522 g/mol. The molecule has 12 heteroatoms. The van der Waals surface area contributed by atoms with Crippen molar-refractivity contribution in [2.45, 2.75) is 37.4 Å². The van der Waals surface area contributed by atoms with Crippen LogP contribution >= 0.6 is 0 Å². The third-order valence-electron chi connectivity index (χ3n) is 7.79. The van der Waals surface area contributed by atoms with E-state index in [1.54, 1.807) is 23.0 Å². The highest BCUT2D eigenvalue weighted by atomic mass is 32.2. The van der Waals surface area contributed by atoms with Crippen LogP contribution < -0.4 is 4.72 Å². The number of benzene rings is 2. The largest absolute Gasteiger partial charge is 0.402 e. The molecule has 1 N–H and O–H groups in total. The monoisotopic (exact) mass is 521 g/mol. The molecule has 2 bridgehead atoms. The van der Waals surface area contributed by atoms with Gasteiger partial charge in [-0.1, -0.05) is 11.3 Å². The minimum Gasteiger partial charge on any atom is -0.220 e. The van der Waals surface area contributed by atoms with E-state index in [0.717, 1.165) is 35.2 Å². The van der Waals surface area contributed by atoms with Crippen LogP contribution in [0.2, 0.25) is 0 Å². The molecule has 3 atom stereocenters. The van der Waals surface area contributed by atoms with Crippen molar-refractivity contribution in [3.8, 4) is 16.9 Å². The highest BCUT2D eigenvalue weighted by Crippen LogP contribution is 2.50. The molecule has 1 spiro atoms. The Kier molecular flexibility index (Phi) is 5.29. The highest BCUT2D eigenvalue weighted by molar-refractivity contribution is 7.87. The summed E-state index contributed by atoms with van der Waals surface area (Å²) in [5.41, 5.74) is 3.28. The summed E-state index contributed by atoms with van der Waals surface area (Å²) in [6.07, 6.45) is -0.201. The van der Waals surface area contributed by atoms with Crippen LogP contribution in [0.4, 0.5) is 17.6 Å². The maximum absolute atomic E-state index is 13.2. The highest BCUT2D eigenvalue weighted by Gasteiger charge is 2.60. The van der Waals surface area contributed by atoms with Crippen molar-refractivity contribution in [2.24, 2.45) is 11.8 Å². The lowest BCUT2D eigenvalue weighted by atomic mass is 9.79. The molecule has 2 heterocycles. The lowest BCUT2D eigenvalue weighted by molar-refractivity contribution is -0.136. The summed E-state index contributed by atoms with van der Waals surface area (Å²) in [6.45, 7) is -1.65. The van der Waals surface area contributed by atoms with Crippen LogP contribution in [0.5, 0.6) is 0 Å². The first kappa shape index (κ1) is 23.6. The van der Waals surface area contributed by atoms with E-state index in [-0.39, 0.29) is 24.2 Å². The van der Waals surface area contributed by atoms with Gasteiger partial charge in [-0.2, -0.15) is 30.6 Å². The summed E-state index contributed by atoms with van der Waals surface area (Å²) in [7, 11) is -4.22. The fourth-order valence-electron chi connectivity index (χ4n) is 6.12. The van der Waals surface area contributed by atoms with E-state index in [1.807, 2.05) is 18.2 Å². The minimum absolute atomic E-state index is 0.0842. The lowest BCUT2D eigenvalue weighted by Gasteiger charge is -2.33. The zero-order chi connectivity index (χ0) is 25.3. The summed E-state index contributed by atoms with van der Waals surface area (Å²) >= 11 is 0. The number of halogens is 4. The Balaban J connectivity index is 1.29. The quantitative estimate of drug-likeness (QED) is 0.534. The molecular weight excluding hydrogens is 498 g/mol. The maximum Gasteiger partial charge on any atom is 0.402 e. The van der Waals surface area contributed by atoms with Gasteiger partial charge >= 0.3 is 6.18 Å². The van der Waals surface area contributed by atoms with Crippen LogP contribution in [0.1, 0.15) is 24.0 Å². The van der Waals surface area contributed by atoms with Crippen molar-refractivity contribution < 1.29 is 26.0 Å². The average Bonchev–Trinajstić information content (AvgIpc) is 3.43. The number of hydrogen-bond donors (Lipinski definition) is 1. The van der Waals surface area contributed by atoms with Crippen molar-refractivity contribution in [3.63, 3.8) is 0 Å². The van der Waals surface area contributed by atoms with Gasteiger partial charge in [-0.3, -0.25) is 0 Å². The molecule has 1 saturated heterocycles. The third kappa shape index (κ3) is 4.00. The van der Waals surface area contributed by atoms with Gasteiger partial charge in [0.15, 0.2) is 0 Å². The maximum atomic E-state index is 13.2. The molecule has 190 valence electrons. The number of hydrogen-bond acceptors (Lipinski definition) is 4. The van der Waals surface area contributed by atoms with Gasteiger partial charge in [-0.05, 0) is 85.0 Å². The van der Waals surface area contributed by atoms with Crippen LogP contribution in [0, 0.1) is 17.7 Å². The summed E-state index contributed by atoms with van der Waals surface area (Å²) in [6, 6.07) is 11.8. The van der Waals surface area contributed by atoms with Gasteiger partial charge in [0.25, 0.3) is 10.2 Å². The smallest absolute Gasteiger partial charge is 0.220 e. The third-order valence-corrected chi connectivity index (χ3v) is 9.37. The molecule has 6 rings (SSSR count). The van der Waals surface area contributed by atoms with E-state index in [9.17, 15) is 26.0 Å². The van der Waals surface area contributed by atoms with Gasteiger partial charge in [0.1, 0.15) is 18.1 Å². The molecule has 36 heavy (non-hydrogen) atoms. The topological polar surface area (TPSA) is 80.1 Å². The van der Waals surface area contributed by atoms with E-state index >= 15 is 0 Å². The number of nitrogens with zero attached hydrogens (tertiary/aromatic N) is 4. The summed E-state index contributed by atoms with van der Waals surface area (Å²) < 4.78 is 82.7. The zero-order valence-electron chi connectivity index (χ0n) is 19.0. The molecule has 0 radical (unpaired) electrons. The molecule has 2 aromatic carbocycles. The van der Waals surface area contributed by atoms with E-state index in [2.05, 4.69) is 15.0 Å². The number of rotatable bonds is 3. The van der Waals surface area contributed by atoms with E-state index in [1.165, 1.54) is 12.1 Å². The molecule has 1 aromatic heterocycles. The van der Waals surface area contributed by atoms with Gasteiger partial charge < -0.3 is 0 Å². The Bertz CT molecular complexity index is 1420. The van der Waals surface area contributed by atoms with E-state index in [0.29, 0.717) is 22.8 Å². The Morgan fingerprint density at radius 2 is 1.72 bits per heavy atom. The van der Waals surface area contributed by atoms with Gasteiger partial charge in [0.05, 0.1) is 17.4 Å². The summed E-state index contributed by atoms with van der Waals surface area (Å²) in [5.74, 6) is -0.536. The van der Waals surface area contributed by atoms with E-state index in [4.69, 9.17) is 0 Å². The van der Waals surface area contributed by atoms with Crippen LogP contribution in [0.3, 0.4) is 0 Å². The second-order valence-corrected chi connectivity index (χ2v) is 11.6. The van der Waals surface area contributed by atoms with Crippen molar-refractivity contribution in [1.29, 1.82) is 0 Å². The fourth-order valence-corrected chi connectivity index (χ4v) is 7.82. The van der Waals surface area contributed by atoms with Crippen LogP contribution in [-0.2, 0) is 23.1 Å². The van der Waals surface area contributed by atoms with Gasteiger partial charge in [-0.25, -0.2) is 9.07 Å². The molecule has 7 nitrogen and oxygen atoms in total. The molecule has 2 fully saturated rings. The molecule has 0 unspecified atom stereocenters. The molecule has 0 amide bonds. The SMILES string of the molecule is O=S1(=O)N[C@]2(CN1CC(F)(F)F)[C@@H]1CC[C@H]2Cc2cc(-n3cc(-c4ccc(F)cc4)nn3)ccc2C1. The van der Waals surface area contributed by atoms with Gasteiger partial charge in [-0.15, -0.1) is 5.10 Å². The Morgan fingerprint density at radius 3 is 2.42 bits per heavy atom. The minimum atomic E-state index is -4.60. The summed E-state index contributed by atoms with van der Waals surface area (Å²) in [4.78, 5) is 0. The molecular formula is C24H23F4N5O2S. The normalized spacial score (nSPS) is 27.3. The molecule has 3 aromatic rings. The number of fused-ring (bicyclic) bond motifs is 1. The first-order valence-electron chi connectivity index (χ1n) is 11.7. The van der Waals surface area contributed by atoms with E-state index < -0.39 is 28.5 Å². The zero-order valence-corrected chi connectivity index (χ0v) is 19.9. The predicted octanol–water partition coefficient (Wildman–Crippen LogP) is 3.65. The molecule has 1 saturated carbocycles. The van der Waals surface area contributed by atoms with Crippen LogP contribution in [0.15, 0.2) is 48.7 Å². The van der Waals surface area contributed by atoms with Crippen LogP contribution in [0.25, 0.3) is 16.9 Å². The molecule has 3 aliphatic rings. The standard InChI is InChI=1S/C24H23F4N5O2S/c25-20-6-1-15(2-7-20)22-12-33(31-29-22)21-8-3-16-9-18-4-5-19(10-17(16)11-21)23(18)13-32(14-24(26,27)28)36(34,35)30-23/h1-3,6-8,11-12,18-19,30H,4-5,9-10,13-14H2/t18-,19+,23-/m1/s1. The lowest BCUT2D eigenvalue weighted by Crippen LogP contribution is -2.52. The number of aromatic nitrogens is 3. The Morgan fingerprint density at radius 1 is 1.03 bits per heavy atom. The fraction of sp³-hybridized carbons (Fsp3) is 0.417. The predicted molar refractivity (Wildman–Crippen MR) is 123 cm³/mol. The second kappa shape index (κ2) is 8.09. The molecule has 1 aliphatic heterocycles. The molecule has 2 aliphatic carbocycles. The second-order valence-electron chi connectivity index (χ2n) is 9.92. The number of alkyl halides is 3. The number of nitrogens with one attached hydrogen (secondary N) is 1. The van der Waals surface area contributed by atoms with Gasteiger partial charge in [0, 0.05) is 12.1 Å². The van der Waals surface area contributed by atoms with Crippen molar-refractivity contribution in [2.75, 3.05) is 13.1 Å². The summed E-state index contributed by atoms with van der Waals surface area (Å²) in [5, 5.41) is 8.40. The van der Waals surface area contributed by atoms with Crippen molar-refractivity contribution in [3.05, 3.63) is 65.6 Å². The van der Waals surface area contributed by atoms with Crippen molar-refractivity contribution >= 4 is 10.2 Å². The Labute approximate surface area is 205 Å². The first-order chi connectivity index (χ1) is 17.0.